The quantitative estimate of drug-likeness (QED) is 0.499. The van der Waals surface area contributed by atoms with Gasteiger partial charge in [0.15, 0.2) is 15.1 Å². The van der Waals surface area contributed by atoms with Crippen molar-refractivity contribution >= 4 is 19.1 Å². The molecular weight excluding hydrogens is 316 g/mol. The number of benzene rings is 2. The average molecular weight is 347 g/mol. The van der Waals surface area contributed by atoms with Gasteiger partial charge in [-0.3, -0.25) is 0 Å². The summed E-state index contributed by atoms with van der Waals surface area (Å²) in [6, 6.07) is 10.5. The molecule has 0 spiro atoms. The normalized spacial score (nSPS) is 12.6. The Labute approximate surface area is 147 Å². The zero-order valence-electron chi connectivity index (χ0n) is 16.0. The Kier molecular flexibility index (Phi) is 5.73. The van der Waals surface area contributed by atoms with Gasteiger partial charge in [-0.2, -0.15) is 0 Å². The van der Waals surface area contributed by atoms with Crippen LogP contribution in [0.1, 0.15) is 31.9 Å². The molecule has 0 amide bonds. The summed E-state index contributed by atoms with van der Waals surface area (Å²) in [6.45, 7) is 14.4. The largest absolute Gasteiger partial charge is 0.467 e. The summed E-state index contributed by atoms with van der Waals surface area (Å²) in [5.41, 5.74) is 2.41. The van der Waals surface area contributed by atoms with Gasteiger partial charge in [-0.05, 0) is 47.6 Å². The van der Waals surface area contributed by atoms with Gasteiger partial charge in [0, 0.05) is 12.5 Å². The SMILES string of the molecule is COCOc1ccc(CO[Si](C)(C)C(C)(C)C)c2cccc(C)c12. The van der Waals surface area contributed by atoms with Gasteiger partial charge in [0.1, 0.15) is 5.75 Å². The maximum atomic E-state index is 6.42. The van der Waals surface area contributed by atoms with Crippen molar-refractivity contribution < 1.29 is 13.9 Å². The van der Waals surface area contributed by atoms with E-state index in [0.29, 0.717) is 6.61 Å². The van der Waals surface area contributed by atoms with E-state index in [0.717, 1.165) is 11.1 Å². The van der Waals surface area contributed by atoms with Crippen LogP contribution in [0.4, 0.5) is 0 Å². The Bertz CT molecular complexity index is 702. The third-order valence-corrected chi connectivity index (χ3v) is 9.51. The van der Waals surface area contributed by atoms with Gasteiger partial charge in [0.2, 0.25) is 0 Å². The molecule has 0 bridgehead atoms. The zero-order valence-corrected chi connectivity index (χ0v) is 17.0. The molecule has 0 radical (unpaired) electrons. The fraction of sp³-hybridized carbons (Fsp3) is 0.500. The molecule has 0 atom stereocenters. The molecule has 0 saturated heterocycles. The van der Waals surface area contributed by atoms with Gasteiger partial charge in [-0.1, -0.05) is 45.0 Å². The van der Waals surface area contributed by atoms with Crippen molar-refractivity contribution in [2.24, 2.45) is 0 Å². The van der Waals surface area contributed by atoms with Crippen LogP contribution < -0.4 is 4.74 Å². The number of fused-ring (bicyclic) bond motifs is 1. The third kappa shape index (κ3) is 3.99. The lowest BCUT2D eigenvalue weighted by Crippen LogP contribution is -2.40. The number of hydrogen-bond donors (Lipinski definition) is 0. The first-order valence-electron chi connectivity index (χ1n) is 8.44. The fourth-order valence-corrected chi connectivity index (χ4v) is 3.40. The molecular formula is C20H30O3Si. The van der Waals surface area contributed by atoms with Crippen molar-refractivity contribution in [1.82, 2.24) is 0 Å². The van der Waals surface area contributed by atoms with Crippen molar-refractivity contribution in [3.05, 3.63) is 41.5 Å². The van der Waals surface area contributed by atoms with Crippen molar-refractivity contribution in [3.63, 3.8) is 0 Å². The zero-order chi connectivity index (χ0) is 18.0. The molecule has 0 fully saturated rings. The van der Waals surface area contributed by atoms with Crippen LogP contribution in [0.3, 0.4) is 0 Å². The molecule has 132 valence electrons. The van der Waals surface area contributed by atoms with Crippen LogP contribution in [0.5, 0.6) is 5.75 Å². The highest BCUT2D eigenvalue weighted by Crippen LogP contribution is 2.38. The molecule has 0 aliphatic heterocycles. The van der Waals surface area contributed by atoms with Crippen molar-refractivity contribution in [2.75, 3.05) is 13.9 Å². The summed E-state index contributed by atoms with van der Waals surface area (Å²) in [7, 11) is -0.139. The maximum absolute atomic E-state index is 6.42. The molecule has 3 nitrogen and oxygen atoms in total. The van der Waals surface area contributed by atoms with Crippen LogP contribution in [0.15, 0.2) is 30.3 Å². The van der Waals surface area contributed by atoms with Crippen LogP contribution in [0.25, 0.3) is 10.8 Å². The number of aryl methyl sites for hydroxylation is 1. The highest BCUT2D eigenvalue weighted by Gasteiger charge is 2.37. The van der Waals surface area contributed by atoms with Gasteiger partial charge in [0.05, 0.1) is 6.61 Å². The smallest absolute Gasteiger partial charge is 0.192 e. The Hall–Kier alpha value is -1.36. The lowest BCUT2D eigenvalue weighted by molar-refractivity contribution is 0.0522. The monoisotopic (exact) mass is 346 g/mol. The highest BCUT2D eigenvalue weighted by atomic mass is 28.4. The summed E-state index contributed by atoms with van der Waals surface area (Å²) >= 11 is 0. The van der Waals surface area contributed by atoms with E-state index >= 15 is 0 Å². The van der Waals surface area contributed by atoms with Crippen LogP contribution in [0.2, 0.25) is 18.1 Å². The average Bonchev–Trinajstić information content (AvgIpc) is 2.50. The fourth-order valence-electron chi connectivity index (χ4n) is 2.46. The van der Waals surface area contributed by atoms with E-state index < -0.39 is 8.32 Å². The lowest BCUT2D eigenvalue weighted by atomic mass is 10.0. The number of ether oxygens (including phenoxy) is 2. The predicted octanol–water partition coefficient (Wildman–Crippen LogP) is 5.65. The maximum Gasteiger partial charge on any atom is 0.192 e. The Morgan fingerprint density at radius 2 is 1.75 bits per heavy atom. The first-order valence-corrected chi connectivity index (χ1v) is 11.3. The standard InChI is InChI=1S/C20H30O3Si/c1-15-9-8-10-17-16(13-23-24(6,7)20(2,3)4)11-12-18(19(15)17)22-14-21-5/h8-12H,13-14H2,1-7H3. The van der Waals surface area contributed by atoms with E-state index in [9.17, 15) is 0 Å². The van der Waals surface area contributed by atoms with Gasteiger partial charge in [0.25, 0.3) is 0 Å². The molecule has 0 aliphatic rings. The molecule has 0 N–H and O–H groups in total. The minimum Gasteiger partial charge on any atom is -0.467 e. The number of rotatable bonds is 6. The molecule has 0 aliphatic carbocycles. The van der Waals surface area contributed by atoms with Crippen LogP contribution in [-0.4, -0.2) is 22.2 Å². The second-order valence-corrected chi connectivity index (χ2v) is 12.6. The molecule has 2 aromatic carbocycles. The van der Waals surface area contributed by atoms with Gasteiger partial charge >= 0.3 is 0 Å². The van der Waals surface area contributed by atoms with E-state index in [1.165, 1.54) is 16.5 Å². The van der Waals surface area contributed by atoms with Crippen LogP contribution in [-0.2, 0) is 15.8 Å². The number of methoxy groups -OCH3 is 1. The van der Waals surface area contributed by atoms with E-state index in [1.54, 1.807) is 7.11 Å². The van der Waals surface area contributed by atoms with Gasteiger partial charge in [-0.25, -0.2) is 0 Å². The summed E-state index contributed by atoms with van der Waals surface area (Å²) < 4.78 is 17.2. The Morgan fingerprint density at radius 1 is 1.04 bits per heavy atom. The van der Waals surface area contributed by atoms with E-state index in [-0.39, 0.29) is 11.8 Å². The number of hydrogen-bond acceptors (Lipinski definition) is 3. The second kappa shape index (κ2) is 7.26. The predicted molar refractivity (Wildman–Crippen MR) is 103 cm³/mol. The highest BCUT2D eigenvalue weighted by molar-refractivity contribution is 6.74. The molecule has 0 saturated carbocycles. The minimum atomic E-state index is -1.77. The molecule has 2 rings (SSSR count). The topological polar surface area (TPSA) is 27.7 Å². The second-order valence-electron chi connectivity index (χ2n) is 7.82. The molecule has 2 aromatic rings. The summed E-state index contributed by atoms with van der Waals surface area (Å²) in [5.74, 6) is 0.862. The molecule has 0 heterocycles. The molecule has 0 unspecified atom stereocenters. The summed E-state index contributed by atoms with van der Waals surface area (Å²) in [4.78, 5) is 0. The summed E-state index contributed by atoms with van der Waals surface area (Å²) in [6.07, 6.45) is 0. The van der Waals surface area contributed by atoms with Crippen molar-refractivity contribution in [3.8, 4) is 5.75 Å². The van der Waals surface area contributed by atoms with Crippen molar-refractivity contribution in [2.45, 2.75) is 52.4 Å². The lowest BCUT2D eigenvalue weighted by Gasteiger charge is -2.36. The Morgan fingerprint density at radius 3 is 2.38 bits per heavy atom. The molecule has 4 heteroatoms. The molecule has 24 heavy (non-hydrogen) atoms. The third-order valence-electron chi connectivity index (χ3n) is 5.03. The molecule has 0 aromatic heterocycles. The van der Waals surface area contributed by atoms with Gasteiger partial charge in [-0.15, -0.1) is 0 Å². The van der Waals surface area contributed by atoms with E-state index in [4.69, 9.17) is 13.9 Å². The van der Waals surface area contributed by atoms with Crippen LogP contribution in [0, 0.1) is 6.92 Å². The van der Waals surface area contributed by atoms with Gasteiger partial charge < -0.3 is 13.9 Å². The van der Waals surface area contributed by atoms with Crippen molar-refractivity contribution in [1.29, 1.82) is 0 Å². The minimum absolute atomic E-state index is 0.209. The summed E-state index contributed by atoms with van der Waals surface area (Å²) in [5, 5.41) is 2.55. The Balaban J connectivity index is 2.37. The first kappa shape index (κ1) is 19.0. The van der Waals surface area contributed by atoms with Crippen LogP contribution >= 0.6 is 0 Å². The first-order chi connectivity index (χ1) is 11.2. The van der Waals surface area contributed by atoms with E-state index in [1.807, 2.05) is 6.07 Å². The van der Waals surface area contributed by atoms with E-state index in [2.05, 4.69) is 65.1 Å².